The maximum atomic E-state index is 5.53. The number of hydrogen-bond donors (Lipinski definition) is 1. The number of nitrogens with zero attached hydrogens (tertiary/aromatic N) is 4. The summed E-state index contributed by atoms with van der Waals surface area (Å²) in [5.74, 6) is 1.89. The van der Waals surface area contributed by atoms with E-state index in [0.29, 0.717) is 0 Å². The molecule has 1 fully saturated rings. The fourth-order valence-corrected chi connectivity index (χ4v) is 2.83. The van der Waals surface area contributed by atoms with Crippen molar-refractivity contribution in [3.05, 3.63) is 42.0 Å². The highest BCUT2D eigenvalue weighted by Crippen LogP contribution is 2.32. The fourth-order valence-electron chi connectivity index (χ4n) is 2.83. The van der Waals surface area contributed by atoms with Crippen LogP contribution in [0.3, 0.4) is 0 Å². The molecule has 6 heteroatoms. The Morgan fingerprint density at radius 2 is 2.14 bits per heavy atom. The lowest BCUT2D eigenvalue weighted by Crippen LogP contribution is -2.25. The second-order valence-corrected chi connectivity index (χ2v) is 5.37. The van der Waals surface area contributed by atoms with Crippen molar-refractivity contribution in [2.24, 2.45) is 0 Å². The van der Waals surface area contributed by atoms with Gasteiger partial charge in [0.2, 0.25) is 0 Å². The molecule has 1 aliphatic heterocycles. The van der Waals surface area contributed by atoms with Gasteiger partial charge in [-0.2, -0.15) is 0 Å². The number of imidazole rings is 1. The average molecular weight is 287 g/mol. The lowest BCUT2D eigenvalue weighted by atomic mass is 10.2. The Morgan fingerprint density at radius 1 is 1.33 bits per heavy atom. The molecule has 0 saturated carbocycles. The van der Waals surface area contributed by atoms with E-state index in [-0.39, 0.29) is 12.1 Å². The Labute approximate surface area is 124 Å². The zero-order chi connectivity index (χ0) is 14.7. The van der Waals surface area contributed by atoms with Gasteiger partial charge in [0, 0.05) is 57.0 Å². The van der Waals surface area contributed by atoms with E-state index in [0.717, 1.165) is 43.1 Å². The monoisotopic (exact) mass is 287 g/mol. The standard InChI is InChI=1S/C15H21N5O/c1-3-14-18-7-11(8-19-14)9-20-10-12(21-2)6-13(20)15-16-4-5-17-15/h4-5,7-8,12-13H,3,6,9-10H2,1-2H3,(H,16,17)/t12-,13?/m1/s1. The molecule has 1 saturated heterocycles. The molecule has 1 unspecified atom stereocenters. The van der Waals surface area contributed by atoms with Gasteiger partial charge < -0.3 is 9.72 Å². The van der Waals surface area contributed by atoms with Crippen LogP contribution in [0.5, 0.6) is 0 Å². The van der Waals surface area contributed by atoms with Gasteiger partial charge in [-0.1, -0.05) is 6.92 Å². The largest absolute Gasteiger partial charge is 0.380 e. The molecule has 0 radical (unpaired) electrons. The third-order valence-corrected chi connectivity index (χ3v) is 3.99. The molecule has 112 valence electrons. The number of aromatic amines is 1. The first-order chi connectivity index (χ1) is 10.3. The van der Waals surface area contributed by atoms with Crippen molar-refractivity contribution in [1.82, 2.24) is 24.8 Å². The van der Waals surface area contributed by atoms with E-state index in [1.54, 1.807) is 13.3 Å². The molecule has 3 rings (SSSR count). The van der Waals surface area contributed by atoms with Gasteiger partial charge in [0.05, 0.1) is 12.1 Å². The minimum atomic E-state index is 0.246. The van der Waals surface area contributed by atoms with Crippen molar-refractivity contribution in [1.29, 1.82) is 0 Å². The van der Waals surface area contributed by atoms with Crippen molar-refractivity contribution < 1.29 is 4.74 Å². The first-order valence-corrected chi connectivity index (χ1v) is 7.36. The van der Waals surface area contributed by atoms with E-state index in [1.807, 2.05) is 18.6 Å². The zero-order valence-corrected chi connectivity index (χ0v) is 12.5. The van der Waals surface area contributed by atoms with Crippen LogP contribution >= 0.6 is 0 Å². The first-order valence-electron chi connectivity index (χ1n) is 7.36. The third-order valence-electron chi connectivity index (χ3n) is 3.99. The Bertz CT molecular complexity index is 554. The normalized spacial score (nSPS) is 22.8. The smallest absolute Gasteiger partial charge is 0.127 e. The number of aryl methyl sites for hydroxylation is 1. The molecular weight excluding hydrogens is 266 g/mol. The quantitative estimate of drug-likeness (QED) is 0.907. The summed E-state index contributed by atoms with van der Waals surface area (Å²) < 4.78 is 5.53. The van der Waals surface area contributed by atoms with Crippen molar-refractivity contribution in [2.75, 3.05) is 13.7 Å². The summed E-state index contributed by atoms with van der Waals surface area (Å²) in [7, 11) is 1.77. The van der Waals surface area contributed by atoms with Crippen molar-refractivity contribution >= 4 is 0 Å². The summed E-state index contributed by atoms with van der Waals surface area (Å²) in [4.78, 5) is 18.7. The lowest BCUT2D eigenvalue weighted by Gasteiger charge is -2.22. The summed E-state index contributed by atoms with van der Waals surface area (Å²) in [6.45, 7) is 3.78. The van der Waals surface area contributed by atoms with Gasteiger partial charge in [0.1, 0.15) is 11.6 Å². The molecule has 0 spiro atoms. The van der Waals surface area contributed by atoms with E-state index >= 15 is 0 Å². The second kappa shape index (κ2) is 6.32. The average Bonchev–Trinajstić information content (AvgIpc) is 3.17. The SMILES string of the molecule is CCc1ncc(CN2C[C@H](OC)CC2c2ncc[nH]2)cn1. The van der Waals surface area contributed by atoms with Crippen LogP contribution in [-0.4, -0.2) is 44.6 Å². The van der Waals surface area contributed by atoms with Crippen LogP contribution in [0.2, 0.25) is 0 Å². The maximum absolute atomic E-state index is 5.53. The molecule has 3 heterocycles. The van der Waals surface area contributed by atoms with Crippen molar-refractivity contribution in [3.8, 4) is 0 Å². The van der Waals surface area contributed by atoms with E-state index in [9.17, 15) is 0 Å². The van der Waals surface area contributed by atoms with Gasteiger partial charge in [-0.3, -0.25) is 4.90 Å². The number of rotatable bonds is 5. The van der Waals surface area contributed by atoms with Gasteiger partial charge >= 0.3 is 0 Å². The van der Waals surface area contributed by atoms with Crippen LogP contribution in [0.4, 0.5) is 0 Å². The predicted octanol–water partition coefficient (Wildman–Crippen LogP) is 1.72. The predicted molar refractivity (Wildman–Crippen MR) is 78.6 cm³/mol. The highest BCUT2D eigenvalue weighted by molar-refractivity contribution is 5.09. The highest BCUT2D eigenvalue weighted by Gasteiger charge is 2.34. The molecule has 2 aromatic rings. The summed E-state index contributed by atoms with van der Waals surface area (Å²) in [6.07, 6.45) is 9.58. The number of H-pyrrole nitrogens is 1. The van der Waals surface area contributed by atoms with Gasteiger partial charge in [0.15, 0.2) is 0 Å². The molecule has 1 aliphatic rings. The van der Waals surface area contributed by atoms with Crippen LogP contribution in [-0.2, 0) is 17.7 Å². The molecule has 0 bridgehead atoms. The van der Waals surface area contributed by atoms with Gasteiger partial charge in [-0.25, -0.2) is 15.0 Å². The number of hydrogen-bond acceptors (Lipinski definition) is 5. The topological polar surface area (TPSA) is 66.9 Å². The molecule has 21 heavy (non-hydrogen) atoms. The Hall–Kier alpha value is -1.79. The maximum Gasteiger partial charge on any atom is 0.127 e. The minimum Gasteiger partial charge on any atom is -0.380 e. The number of methoxy groups -OCH3 is 1. The molecule has 0 aliphatic carbocycles. The van der Waals surface area contributed by atoms with Gasteiger partial charge in [-0.05, 0) is 6.42 Å². The van der Waals surface area contributed by atoms with E-state index in [2.05, 4.69) is 31.8 Å². The van der Waals surface area contributed by atoms with Gasteiger partial charge in [0.25, 0.3) is 0 Å². The van der Waals surface area contributed by atoms with Crippen molar-refractivity contribution in [2.45, 2.75) is 38.5 Å². The molecule has 6 nitrogen and oxygen atoms in total. The Kier molecular flexibility index (Phi) is 4.26. The number of aromatic nitrogens is 4. The molecule has 0 amide bonds. The van der Waals surface area contributed by atoms with Crippen LogP contribution in [0.1, 0.15) is 36.6 Å². The first kappa shape index (κ1) is 14.2. The van der Waals surface area contributed by atoms with Crippen LogP contribution in [0.15, 0.2) is 24.8 Å². The van der Waals surface area contributed by atoms with Crippen LogP contribution < -0.4 is 0 Å². The van der Waals surface area contributed by atoms with E-state index in [1.165, 1.54) is 0 Å². The van der Waals surface area contributed by atoms with Gasteiger partial charge in [-0.15, -0.1) is 0 Å². The number of likely N-dealkylation sites (tertiary alicyclic amines) is 1. The summed E-state index contributed by atoms with van der Waals surface area (Å²) in [5, 5.41) is 0. The summed E-state index contributed by atoms with van der Waals surface area (Å²) in [5.41, 5.74) is 1.13. The lowest BCUT2D eigenvalue weighted by molar-refractivity contribution is 0.107. The summed E-state index contributed by atoms with van der Waals surface area (Å²) in [6, 6.07) is 0.260. The number of nitrogens with one attached hydrogen (secondary N) is 1. The fraction of sp³-hybridized carbons (Fsp3) is 0.533. The number of ether oxygens (including phenoxy) is 1. The Morgan fingerprint density at radius 3 is 2.76 bits per heavy atom. The van der Waals surface area contributed by atoms with Crippen LogP contribution in [0, 0.1) is 0 Å². The molecule has 0 aromatic carbocycles. The third kappa shape index (κ3) is 3.11. The van der Waals surface area contributed by atoms with Crippen LogP contribution in [0.25, 0.3) is 0 Å². The van der Waals surface area contributed by atoms with E-state index < -0.39 is 0 Å². The highest BCUT2D eigenvalue weighted by atomic mass is 16.5. The minimum absolute atomic E-state index is 0.246. The molecule has 2 aromatic heterocycles. The molecule has 2 atom stereocenters. The van der Waals surface area contributed by atoms with E-state index in [4.69, 9.17) is 4.74 Å². The molecular formula is C15H21N5O. The summed E-state index contributed by atoms with van der Waals surface area (Å²) >= 11 is 0. The van der Waals surface area contributed by atoms with Crippen molar-refractivity contribution in [3.63, 3.8) is 0 Å². The molecule has 1 N–H and O–H groups in total. The Balaban J connectivity index is 1.74. The second-order valence-electron chi connectivity index (χ2n) is 5.37. The zero-order valence-electron chi connectivity index (χ0n) is 12.5.